The van der Waals surface area contributed by atoms with Crippen LogP contribution in [0.2, 0.25) is 0 Å². The molecule has 3 rings (SSSR count). The number of hydrogen-bond acceptors (Lipinski definition) is 5. The minimum absolute atomic E-state index is 0.0936. The fourth-order valence-corrected chi connectivity index (χ4v) is 5.14. The Kier molecular flexibility index (Phi) is 6.57. The Morgan fingerprint density at radius 2 is 1.68 bits per heavy atom. The molecule has 3 aromatic carbocycles. The normalized spacial score (nSPS) is 11.1. The van der Waals surface area contributed by atoms with Gasteiger partial charge >= 0.3 is 0 Å². The summed E-state index contributed by atoms with van der Waals surface area (Å²) in [6.45, 7) is 4.08. The Hall–Kier alpha value is -2.11. The lowest BCUT2D eigenvalue weighted by molar-refractivity contribution is 0.0964. The number of amides is 1. The summed E-state index contributed by atoms with van der Waals surface area (Å²) in [4.78, 5) is 32.7. The van der Waals surface area contributed by atoms with Gasteiger partial charge in [0, 0.05) is 22.9 Å². The SMILES string of the molecule is CNC(=O)c1cccc2c(N(CP(O)O)Sc3cc(C)cc(C)c3)cccc12. The van der Waals surface area contributed by atoms with E-state index < -0.39 is 8.38 Å². The van der Waals surface area contributed by atoms with E-state index in [0.29, 0.717) is 5.56 Å². The third-order valence-corrected chi connectivity index (χ3v) is 6.03. The van der Waals surface area contributed by atoms with Gasteiger partial charge in [0.15, 0.2) is 8.38 Å². The zero-order valence-electron chi connectivity index (χ0n) is 16.0. The average molecular weight is 414 g/mol. The minimum Gasteiger partial charge on any atom is -0.355 e. The van der Waals surface area contributed by atoms with E-state index in [2.05, 4.69) is 23.5 Å². The maximum absolute atomic E-state index is 12.2. The highest BCUT2D eigenvalue weighted by molar-refractivity contribution is 8.01. The second-order valence-electron chi connectivity index (χ2n) is 6.56. The van der Waals surface area contributed by atoms with Crippen LogP contribution < -0.4 is 9.62 Å². The van der Waals surface area contributed by atoms with Crippen molar-refractivity contribution >= 4 is 42.7 Å². The van der Waals surface area contributed by atoms with E-state index in [9.17, 15) is 14.6 Å². The van der Waals surface area contributed by atoms with Crippen LogP contribution in [-0.4, -0.2) is 29.0 Å². The standard InChI is InChI=1S/C21H23N2O3PS/c1-14-10-15(2)12-16(11-14)28-23(13-27(25)26)20-9-5-6-17-18(20)7-4-8-19(17)21(24)22-3/h4-12,25-26H,13H2,1-3H3,(H,22,24). The van der Waals surface area contributed by atoms with E-state index in [-0.39, 0.29) is 12.2 Å². The molecule has 0 aliphatic rings. The van der Waals surface area contributed by atoms with Gasteiger partial charge in [-0.2, -0.15) is 0 Å². The molecule has 0 bridgehead atoms. The number of anilines is 1. The summed E-state index contributed by atoms with van der Waals surface area (Å²) in [6, 6.07) is 17.6. The summed E-state index contributed by atoms with van der Waals surface area (Å²) in [7, 11) is -0.519. The van der Waals surface area contributed by atoms with Crippen molar-refractivity contribution in [2.75, 3.05) is 17.6 Å². The number of carbonyl (C=O) groups is 1. The van der Waals surface area contributed by atoms with Crippen molar-refractivity contribution in [2.45, 2.75) is 18.7 Å². The molecule has 3 aromatic rings. The van der Waals surface area contributed by atoms with E-state index in [4.69, 9.17) is 0 Å². The van der Waals surface area contributed by atoms with Gasteiger partial charge in [-0.1, -0.05) is 30.3 Å². The fraction of sp³-hybridized carbons (Fsp3) is 0.190. The largest absolute Gasteiger partial charge is 0.355 e. The van der Waals surface area contributed by atoms with Gasteiger partial charge < -0.3 is 19.4 Å². The van der Waals surface area contributed by atoms with Crippen molar-refractivity contribution in [3.8, 4) is 0 Å². The molecule has 28 heavy (non-hydrogen) atoms. The van der Waals surface area contributed by atoms with Crippen LogP contribution in [-0.2, 0) is 0 Å². The average Bonchev–Trinajstić information content (AvgIpc) is 2.64. The van der Waals surface area contributed by atoms with Gasteiger partial charge in [0.25, 0.3) is 5.91 Å². The van der Waals surface area contributed by atoms with Crippen LogP contribution in [0.25, 0.3) is 10.8 Å². The van der Waals surface area contributed by atoms with Crippen molar-refractivity contribution in [2.24, 2.45) is 0 Å². The van der Waals surface area contributed by atoms with Crippen molar-refractivity contribution in [1.82, 2.24) is 5.32 Å². The molecule has 0 aliphatic heterocycles. The first kappa shape index (κ1) is 20.6. The smallest absolute Gasteiger partial charge is 0.251 e. The Balaban J connectivity index is 2.10. The Labute approximate surface area is 170 Å². The molecule has 146 valence electrons. The molecule has 0 saturated carbocycles. The first-order valence-electron chi connectivity index (χ1n) is 8.82. The summed E-state index contributed by atoms with van der Waals surface area (Å²) in [5, 5.41) is 4.38. The van der Waals surface area contributed by atoms with E-state index >= 15 is 0 Å². The zero-order valence-corrected chi connectivity index (χ0v) is 17.7. The van der Waals surface area contributed by atoms with Crippen molar-refractivity contribution in [1.29, 1.82) is 0 Å². The van der Waals surface area contributed by atoms with Crippen LogP contribution in [0.4, 0.5) is 5.69 Å². The third-order valence-electron chi connectivity index (χ3n) is 4.31. The number of aryl methyl sites for hydroxylation is 2. The quantitative estimate of drug-likeness (QED) is 0.407. The monoisotopic (exact) mass is 414 g/mol. The number of hydrogen-bond donors (Lipinski definition) is 3. The van der Waals surface area contributed by atoms with Gasteiger partial charge in [0.2, 0.25) is 0 Å². The number of benzene rings is 3. The summed E-state index contributed by atoms with van der Waals surface area (Å²) >= 11 is 1.46. The summed E-state index contributed by atoms with van der Waals surface area (Å²) < 4.78 is 1.88. The van der Waals surface area contributed by atoms with Gasteiger partial charge in [0.05, 0.1) is 12.0 Å². The van der Waals surface area contributed by atoms with Gasteiger partial charge in [-0.05, 0) is 66.6 Å². The van der Waals surface area contributed by atoms with E-state index in [1.165, 1.54) is 11.9 Å². The molecule has 7 heteroatoms. The van der Waals surface area contributed by atoms with E-state index in [1.54, 1.807) is 13.1 Å². The predicted molar refractivity (Wildman–Crippen MR) is 118 cm³/mol. The van der Waals surface area contributed by atoms with Crippen LogP contribution in [0.5, 0.6) is 0 Å². The van der Waals surface area contributed by atoms with Crippen LogP contribution in [0.15, 0.2) is 59.5 Å². The molecule has 1 amide bonds. The molecule has 0 spiro atoms. The lowest BCUT2D eigenvalue weighted by Crippen LogP contribution is -2.18. The Morgan fingerprint density at radius 3 is 2.32 bits per heavy atom. The first-order valence-corrected chi connectivity index (χ1v) is 11.0. The lowest BCUT2D eigenvalue weighted by Gasteiger charge is -2.25. The predicted octanol–water partition coefficient (Wildman–Crippen LogP) is 4.58. The van der Waals surface area contributed by atoms with Gasteiger partial charge in [-0.15, -0.1) is 0 Å². The third kappa shape index (κ3) is 4.65. The second-order valence-corrected chi connectivity index (χ2v) is 8.69. The highest BCUT2D eigenvalue weighted by Gasteiger charge is 2.18. The van der Waals surface area contributed by atoms with E-state index in [0.717, 1.165) is 32.5 Å². The fourth-order valence-electron chi connectivity index (χ4n) is 3.23. The molecule has 0 aromatic heterocycles. The minimum atomic E-state index is -2.13. The molecule has 0 atom stereocenters. The van der Waals surface area contributed by atoms with Crippen LogP contribution >= 0.6 is 20.3 Å². The van der Waals surface area contributed by atoms with Gasteiger partial charge in [-0.3, -0.25) is 4.79 Å². The molecule has 3 N–H and O–H groups in total. The van der Waals surface area contributed by atoms with Crippen molar-refractivity contribution in [3.63, 3.8) is 0 Å². The van der Waals surface area contributed by atoms with Gasteiger partial charge in [-0.25, -0.2) is 0 Å². The molecule has 0 heterocycles. The number of rotatable bonds is 6. The van der Waals surface area contributed by atoms with E-state index in [1.807, 2.05) is 48.5 Å². The summed E-state index contributed by atoms with van der Waals surface area (Å²) in [5.41, 5.74) is 3.73. The molecular formula is C21H23N2O3PS. The number of carbonyl (C=O) groups excluding carboxylic acids is 1. The highest BCUT2D eigenvalue weighted by Crippen LogP contribution is 2.40. The molecule has 0 unspecified atom stereocenters. The number of nitrogens with one attached hydrogen (secondary N) is 1. The van der Waals surface area contributed by atoms with Crippen LogP contribution in [0.1, 0.15) is 21.5 Å². The highest BCUT2D eigenvalue weighted by atomic mass is 32.2. The maximum atomic E-state index is 12.2. The van der Waals surface area contributed by atoms with Crippen LogP contribution in [0.3, 0.4) is 0 Å². The number of nitrogens with zero attached hydrogens (tertiary/aromatic N) is 1. The van der Waals surface area contributed by atoms with Crippen molar-refractivity contribution < 1.29 is 14.6 Å². The summed E-state index contributed by atoms with van der Waals surface area (Å²) in [5.74, 6) is -0.150. The number of fused-ring (bicyclic) bond motifs is 1. The molecule has 5 nitrogen and oxygen atoms in total. The molecule has 0 saturated heterocycles. The second kappa shape index (κ2) is 8.93. The molecule has 0 aliphatic carbocycles. The molecular weight excluding hydrogens is 391 g/mol. The maximum Gasteiger partial charge on any atom is 0.251 e. The molecule has 0 fully saturated rings. The Bertz CT molecular complexity index is 990. The molecule has 0 radical (unpaired) electrons. The Morgan fingerprint density at radius 1 is 1.04 bits per heavy atom. The topological polar surface area (TPSA) is 72.8 Å². The summed E-state index contributed by atoms with van der Waals surface area (Å²) in [6.07, 6.45) is 0.0936. The first-order chi connectivity index (χ1) is 13.4. The van der Waals surface area contributed by atoms with Crippen LogP contribution in [0, 0.1) is 13.8 Å². The zero-order chi connectivity index (χ0) is 20.3. The van der Waals surface area contributed by atoms with Crippen molar-refractivity contribution in [3.05, 3.63) is 71.3 Å². The lowest BCUT2D eigenvalue weighted by atomic mass is 10.0. The van der Waals surface area contributed by atoms with Gasteiger partial charge in [0.1, 0.15) is 0 Å².